The maximum absolute atomic E-state index is 13.1. The molecule has 0 radical (unpaired) electrons. The summed E-state index contributed by atoms with van der Waals surface area (Å²) in [6.45, 7) is 4.31. The fourth-order valence-electron chi connectivity index (χ4n) is 4.34. The molecule has 2 aliphatic heterocycles. The number of rotatable bonds is 4. The first-order chi connectivity index (χ1) is 13.6. The molecule has 2 heterocycles. The Hall–Kier alpha value is -2.62. The van der Waals surface area contributed by atoms with Gasteiger partial charge in [0, 0.05) is 25.2 Å². The van der Waals surface area contributed by atoms with E-state index in [9.17, 15) is 9.59 Å². The number of hydrogen-bond donors (Lipinski definition) is 0. The first-order valence-corrected chi connectivity index (χ1v) is 10.4. The Morgan fingerprint density at radius 1 is 0.964 bits per heavy atom. The summed E-state index contributed by atoms with van der Waals surface area (Å²) in [4.78, 5) is 30.1. The van der Waals surface area contributed by atoms with E-state index in [1.807, 2.05) is 34.1 Å². The number of nitrogens with zero attached hydrogens (tertiary/aromatic N) is 2. The zero-order valence-electron chi connectivity index (χ0n) is 16.6. The van der Waals surface area contributed by atoms with Crippen molar-refractivity contribution >= 4 is 11.8 Å². The van der Waals surface area contributed by atoms with Crippen molar-refractivity contribution in [2.75, 3.05) is 13.1 Å². The van der Waals surface area contributed by atoms with Gasteiger partial charge in [0.2, 0.25) is 5.91 Å². The Balaban J connectivity index is 1.60. The summed E-state index contributed by atoms with van der Waals surface area (Å²) in [5.74, 6) is 0.195. The van der Waals surface area contributed by atoms with E-state index in [0.717, 1.165) is 42.6 Å². The van der Waals surface area contributed by atoms with Gasteiger partial charge in [-0.15, -0.1) is 0 Å². The van der Waals surface area contributed by atoms with Crippen molar-refractivity contribution in [2.24, 2.45) is 0 Å². The topological polar surface area (TPSA) is 40.6 Å². The van der Waals surface area contributed by atoms with E-state index >= 15 is 0 Å². The SMILES string of the molecule is Cc1ccc([C@H](CC(=O)N2CCCCCC2)N2Cc3ccccc3C2=O)cc1. The first kappa shape index (κ1) is 18.7. The quantitative estimate of drug-likeness (QED) is 0.789. The van der Waals surface area contributed by atoms with E-state index in [0.29, 0.717) is 13.0 Å². The van der Waals surface area contributed by atoms with Crippen molar-refractivity contribution in [3.8, 4) is 0 Å². The summed E-state index contributed by atoms with van der Waals surface area (Å²) in [5.41, 5.74) is 4.03. The molecule has 2 aromatic carbocycles. The predicted molar refractivity (Wildman–Crippen MR) is 110 cm³/mol. The number of fused-ring (bicyclic) bond motifs is 1. The highest BCUT2D eigenvalue weighted by molar-refractivity contribution is 5.98. The van der Waals surface area contributed by atoms with Gasteiger partial charge in [-0.25, -0.2) is 0 Å². The molecule has 1 atom stereocenters. The molecule has 1 fully saturated rings. The summed E-state index contributed by atoms with van der Waals surface area (Å²) >= 11 is 0. The van der Waals surface area contributed by atoms with Crippen molar-refractivity contribution < 1.29 is 9.59 Å². The minimum atomic E-state index is -0.226. The Bertz CT molecular complexity index is 851. The van der Waals surface area contributed by atoms with Gasteiger partial charge in [0.25, 0.3) is 5.91 Å². The molecule has 28 heavy (non-hydrogen) atoms. The lowest BCUT2D eigenvalue weighted by Gasteiger charge is -2.30. The fraction of sp³-hybridized carbons (Fsp3) is 0.417. The molecule has 4 heteroatoms. The van der Waals surface area contributed by atoms with E-state index in [1.165, 1.54) is 18.4 Å². The first-order valence-electron chi connectivity index (χ1n) is 10.4. The Labute approximate surface area is 167 Å². The fourth-order valence-corrected chi connectivity index (χ4v) is 4.34. The van der Waals surface area contributed by atoms with Gasteiger partial charge in [-0.1, -0.05) is 60.9 Å². The summed E-state index contributed by atoms with van der Waals surface area (Å²) < 4.78 is 0. The molecule has 2 aromatic rings. The van der Waals surface area contributed by atoms with E-state index < -0.39 is 0 Å². The van der Waals surface area contributed by atoms with Crippen molar-refractivity contribution in [1.29, 1.82) is 0 Å². The van der Waals surface area contributed by atoms with Crippen LogP contribution in [-0.2, 0) is 11.3 Å². The number of likely N-dealkylation sites (tertiary alicyclic amines) is 1. The highest BCUT2D eigenvalue weighted by Crippen LogP contribution is 2.34. The van der Waals surface area contributed by atoms with Gasteiger partial charge in [0.15, 0.2) is 0 Å². The van der Waals surface area contributed by atoms with E-state index in [-0.39, 0.29) is 17.9 Å². The third-order valence-electron chi connectivity index (χ3n) is 6.01. The monoisotopic (exact) mass is 376 g/mol. The van der Waals surface area contributed by atoms with Crippen LogP contribution in [0.3, 0.4) is 0 Å². The maximum Gasteiger partial charge on any atom is 0.255 e. The number of hydrogen-bond acceptors (Lipinski definition) is 2. The number of benzene rings is 2. The van der Waals surface area contributed by atoms with Gasteiger partial charge >= 0.3 is 0 Å². The zero-order valence-corrected chi connectivity index (χ0v) is 16.6. The van der Waals surface area contributed by atoms with Gasteiger partial charge in [-0.2, -0.15) is 0 Å². The molecule has 146 valence electrons. The molecule has 0 bridgehead atoms. The van der Waals surface area contributed by atoms with Gasteiger partial charge < -0.3 is 9.80 Å². The van der Waals surface area contributed by atoms with Crippen molar-refractivity contribution in [3.63, 3.8) is 0 Å². The molecule has 1 saturated heterocycles. The summed E-state index contributed by atoms with van der Waals surface area (Å²) in [6, 6.07) is 15.8. The van der Waals surface area contributed by atoms with Crippen LogP contribution < -0.4 is 0 Å². The van der Waals surface area contributed by atoms with Gasteiger partial charge in [-0.05, 0) is 37.0 Å². The second-order valence-electron chi connectivity index (χ2n) is 8.02. The second-order valence-corrected chi connectivity index (χ2v) is 8.02. The maximum atomic E-state index is 13.1. The lowest BCUT2D eigenvalue weighted by Crippen LogP contribution is -2.37. The molecule has 4 nitrogen and oxygen atoms in total. The van der Waals surface area contributed by atoms with Crippen molar-refractivity contribution in [2.45, 2.75) is 51.6 Å². The molecular weight excluding hydrogens is 348 g/mol. The van der Waals surface area contributed by atoms with Gasteiger partial charge in [-0.3, -0.25) is 9.59 Å². The van der Waals surface area contributed by atoms with E-state index in [1.54, 1.807) is 0 Å². The number of carbonyl (C=O) groups excluding carboxylic acids is 2. The van der Waals surface area contributed by atoms with E-state index in [2.05, 4.69) is 31.2 Å². The molecule has 2 aliphatic rings. The zero-order chi connectivity index (χ0) is 19.5. The summed E-state index contributed by atoms with van der Waals surface area (Å²) in [5, 5.41) is 0. The smallest absolute Gasteiger partial charge is 0.255 e. The second kappa shape index (κ2) is 8.17. The van der Waals surface area contributed by atoms with Crippen LogP contribution in [0.4, 0.5) is 0 Å². The largest absolute Gasteiger partial charge is 0.343 e. The number of amides is 2. The normalized spacial score (nSPS) is 18.0. The van der Waals surface area contributed by atoms with Crippen molar-refractivity contribution in [1.82, 2.24) is 9.80 Å². The summed E-state index contributed by atoms with van der Waals surface area (Å²) in [7, 11) is 0. The van der Waals surface area contributed by atoms with Crippen LogP contribution in [0.1, 0.15) is 65.2 Å². The average molecular weight is 376 g/mol. The predicted octanol–water partition coefficient (Wildman–Crippen LogP) is 4.48. The number of aryl methyl sites for hydroxylation is 1. The van der Waals surface area contributed by atoms with Crippen molar-refractivity contribution in [3.05, 3.63) is 70.8 Å². The third kappa shape index (κ3) is 3.82. The molecule has 0 spiro atoms. The molecule has 4 rings (SSSR count). The van der Waals surface area contributed by atoms with Gasteiger partial charge in [0.05, 0.1) is 12.5 Å². The Morgan fingerprint density at radius 2 is 1.64 bits per heavy atom. The Kier molecular flexibility index (Phi) is 5.47. The molecule has 0 N–H and O–H groups in total. The average Bonchev–Trinajstić information content (AvgIpc) is 2.88. The highest BCUT2D eigenvalue weighted by atomic mass is 16.2. The molecule has 0 aliphatic carbocycles. The minimum absolute atomic E-state index is 0.0323. The lowest BCUT2D eigenvalue weighted by atomic mass is 10.00. The van der Waals surface area contributed by atoms with Crippen LogP contribution in [0.25, 0.3) is 0 Å². The van der Waals surface area contributed by atoms with Crippen LogP contribution >= 0.6 is 0 Å². The number of carbonyl (C=O) groups is 2. The van der Waals surface area contributed by atoms with Gasteiger partial charge in [0.1, 0.15) is 0 Å². The minimum Gasteiger partial charge on any atom is -0.343 e. The molecule has 0 aromatic heterocycles. The van der Waals surface area contributed by atoms with E-state index in [4.69, 9.17) is 0 Å². The van der Waals surface area contributed by atoms with Crippen LogP contribution in [0.15, 0.2) is 48.5 Å². The summed E-state index contributed by atoms with van der Waals surface area (Å²) in [6.07, 6.45) is 4.91. The third-order valence-corrected chi connectivity index (χ3v) is 6.01. The standard InChI is InChI=1S/C24H28N2O2/c1-18-10-12-19(13-11-18)22(16-23(27)25-14-6-2-3-7-15-25)26-17-20-8-4-5-9-21(20)24(26)28/h4-5,8-13,22H,2-3,6-7,14-17H2,1H3/t22-/m0/s1. The highest BCUT2D eigenvalue weighted by Gasteiger charge is 2.35. The Morgan fingerprint density at radius 3 is 2.32 bits per heavy atom. The molecular formula is C24H28N2O2. The molecule has 0 saturated carbocycles. The molecule has 2 amide bonds. The van der Waals surface area contributed by atoms with Crippen LogP contribution in [0, 0.1) is 6.92 Å². The molecule has 0 unspecified atom stereocenters. The lowest BCUT2D eigenvalue weighted by molar-refractivity contribution is -0.132. The van der Waals surface area contributed by atoms with Crippen LogP contribution in [-0.4, -0.2) is 34.7 Å². The van der Waals surface area contributed by atoms with Crippen LogP contribution in [0.2, 0.25) is 0 Å². The van der Waals surface area contributed by atoms with Crippen LogP contribution in [0.5, 0.6) is 0 Å².